The van der Waals surface area contributed by atoms with Gasteiger partial charge in [0.05, 0.1) is 11.5 Å². The van der Waals surface area contributed by atoms with Gasteiger partial charge in [-0.3, -0.25) is 10.1 Å². The number of rotatable bonds is 7. The van der Waals surface area contributed by atoms with E-state index in [2.05, 4.69) is 15.4 Å². The molecular weight excluding hydrogens is 367 g/mol. The maximum Gasteiger partial charge on any atom is 0.411 e. The van der Waals surface area contributed by atoms with Crippen molar-refractivity contribution in [2.75, 3.05) is 11.9 Å². The van der Waals surface area contributed by atoms with Crippen LogP contribution in [0.3, 0.4) is 0 Å². The minimum atomic E-state index is -4.37. The van der Waals surface area contributed by atoms with Gasteiger partial charge in [-0.2, -0.15) is 13.2 Å². The molecule has 2 aromatic carbocycles. The van der Waals surface area contributed by atoms with Crippen LogP contribution >= 0.6 is 0 Å². The van der Waals surface area contributed by atoms with Crippen LogP contribution in [0, 0.1) is 10.1 Å². The van der Waals surface area contributed by atoms with Gasteiger partial charge in [-0.25, -0.2) is 4.79 Å². The second-order valence-corrected chi connectivity index (χ2v) is 5.51. The Labute approximate surface area is 152 Å². The van der Waals surface area contributed by atoms with Gasteiger partial charge in [0, 0.05) is 12.6 Å². The summed E-state index contributed by atoms with van der Waals surface area (Å²) >= 11 is 0. The summed E-state index contributed by atoms with van der Waals surface area (Å²) in [6, 6.07) is 11.6. The zero-order chi connectivity index (χ0) is 19.9. The number of hydrogen-bond donors (Lipinski definition) is 2. The predicted octanol–water partition coefficient (Wildman–Crippen LogP) is 4.00. The molecule has 0 unspecified atom stereocenters. The van der Waals surface area contributed by atoms with E-state index >= 15 is 0 Å². The van der Waals surface area contributed by atoms with Crippen molar-refractivity contribution >= 4 is 17.4 Å². The summed E-state index contributed by atoms with van der Waals surface area (Å²) in [5.74, 6) is 0. The van der Waals surface area contributed by atoms with Crippen LogP contribution < -0.4 is 10.6 Å². The molecule has 2 aromatic rings. The number of ether oxygens (including phenoxy) is 1. The fourth-order valence-electron chi connectivity index (χ4n) is 2.13. The van der Waals surface area contributed by atoms with E-state index in [9.17, 15) is 28.1 Å². The van der Waals surface area contributed by atoms with E-state index in [1.165, 1.54) is 18.2 Å². The maximum atomic E-state index is 12.0. The zero-order valence-corrected chi connectivity index (χ0v) is 14.0. The first kappa shape index (κ1) is 20.2. The van der Waals surface area contributed by atoms with Crippen LogP contribution in [0.15, 0.2) is 48.5 Å². The fourth-order valence-corrected chi connectivity index (χ4v) is 2.13. The molecule has 2 rings (SSSR count). The van der Waals surface area contributed by atoms with Gasteiger partial charge in [-0.15, -0.1) is 0 Å². The summed E-state index contributed by atoms with van der Waals surface area (Å²) in [6.45, 7) is -1.36. The molecule has 0 heterocycles. The number of alkyl halides is 3. The van der Waals surface area contributed by atoms with Crippen molar-refractivity contribution in [2.45, 2.75) is 19.3 Å². The van der Waals surface area contributed by atoms with E-state index in [0.29, 0.717) is 11.1 Å². The predicted molar refractivity (Wildman–Crippen MR) is 91.1 cm³/mol. The summed E-state index contributed by atoms with van der Waals surface area (Å²) in [7, 11) is 0. The van der Waals surface area contributed by atoms with Crippen LogP contribution in [0.1, 0.15) is 11.1 Å². The molecule has 7 nitrogen and oxygen atoms in total. The average molecular weight is 383 g/mol. The molecule has 0 aromatic heterocycles. The quantitative estimate of drug-likeness (QED) is 0.558. The van der Waals surface area contributed by atoms with Crippen LogP contribution in [0.4, 0.5) is 29.3 Å². The van der Waals surface area contributed by atoms with Crippen molar-refractivity contribution in [3.63, 3.8) is 0 Å². The lowest BCUT2D eigenvalue weighted by atomic mass is 10.1. The largest absolute Gasteiger partial charge is 0.411 e. The van der Waals surface area contributed by atoms with Gasteiger partial charge < -0.3 is 15.4 Å². The Morgan fingerprint density at radius 1 is 1.07 bits per heavy atom. The third-order valence-corrected chi connectivity index (χ3v) is 3.36. The summed E-state index contributed by atoms with van der Waals surface area (Å²) in [4.78, 5) is 22.2. The normalized spacial score (nSPS) is 11.1. The van der Waals surface area contributed by atoms with Crippen molar-refractivity contribution in [2.24, 2.45) is 0 Å². The number of hydrogen-bond acceptors (Lipinski definition) is 4. The fraction of sp³-hybridized carbons (Fsp3) is 0.235. The van der Waals surface area contributed by atoms with Gasteiger partial charge in [0.1, 0.15) is 12.3 Å². The molecule has 0 saturated carbocycles. The monoisotopic (exact) mass is 383 g/mol. The van der Waals surface area contributed by atoms with E-state index in [0.717, 1.165) is 0 Å². The first-order chi connectivity index (χ1) is 12.7. The molecule has 0 bridgehead atoms. The second kappa shape index (κ2) is 8.99. The Bertz CT molecular complexity index is 795. The van der Waals surface area contributed by atoms with E-state index < -0.39 is 23.7 Å². The highest BCUT2D eigenvalue weighted by Gasteiger charge is 2.27. The first-order valence-corrected chi connectivity index (χ1v) is 7.75. The zero-order valence-electron chi connectivity index (χ0n) is 14.0. The maximum absolute atomic E-state index is 12.0. The average Bonchev–Trinajstić information content (AvgIpc) is 2.60. The van der Waals surface area contributed by atoms with E-state index in [4.69, 9.17) is 0 Å². The number of amides is 2. The molecule has 0 aliphatic carbocycles. The van der Waals surface area contributed by atoms with Crippen LogP contribution in [0.5, 0.6) is 0 Å². The standard InChI is InChI=1S/C17H16F3N3O4/c18-17(19,20)11-27-10-13-7-5-12(6-8-13)9-21-16(24)22-14-3-1-2-4-15(14)23(25)26/h1-8H,9-11H2,(H2,21,22,24). The number of para-hydroxylation sites is 2. The molecule has 0 fully saturated rings. The summed E-state index contributed by atoms with van der Waals surface area (Å²) in [5.41, 5.74) is 1.10. The molecular formula is C17H16F3N3O4. The number of benzene rings is 2. The van der Waals surface area contributed by atoms with Crippen LogP contribution in [-0.4, -0.2) is 23.7 Å². The molecule has 0 atom stereocenters. The van der Waals surface area contributed by atoms with Gasteiger partial charge in [-0.1, -0.05) is 36.4 Å². The van der Waals surface area contributed by atoms with Crippen molar-refractivity contribution in [1.29, 1.82) is 0 Å². The third kappa shape index (κ3) is 6.94. The Hall–Kier alpha value is -3.14. The van der Waals surface area contributed by atoms with Crippen LogP contribution in [0.25, 0.3) is 0 Å². The Balaban J connectivity index is 1.82. The number of nitrogens with one attached hydrogen (secondary N) is 2. The van der Waals surface area contributed by atoms with Crippen LogP contribution in [0.2, 0.25) is 0 Å². The lowest BCUT2D eigenvalue weighted by Crippen LogP contribution is -2.28. The van der Waals surface area contributed by atoms with Crippen molar-refractivity contribution in [3.05, 3.63) is 69.8 Å². The molecule has 0 radical (unpaired) electrons. The number of carbonyl (C=O) groups is 1. The number of nitro groups is 1. The summed E-state index contributed by atoms with van der Waals surface area (Å²) in [6.07, 6.45) is -4.37. The lowest BCUT2D eigenvalue weighted by Gasteiger charge is -2.09. The molecule has 2 N–H and O–H groups in total. The van der Waals surface area contributed by atoms with Gasteiger partial charge in [-0.05, 0) is 17.2 Å². The van der Waals surface area contributed by atoms with Gasteiger partial charge in [0.2, 0.25) is 0 Å². The molecule has 0 spiro atoms. The lowest BCUT2D eigenvalue weighted by molar-refractivity contribution is -0.383. The topological polar surface area (TPSA) is 93.5 Å². The van der Waals surface area contributed by atoms with E-state index in [1.54, 1.807) is 30.3 Å². The minimum Gasteiger partial charge on any atom is -0.367 e. The van der Waals surface area contributed by atoms with Crippen molar-refractivity contribution in [3.8, 4) is 0 Å². The molecule has 0 saturated heterocycles. The van der Waals surface area contributed by atoms with Crippen molar-refractivity contribution in [1.82, 2.24) is 5.32 Å². The number of urea groups is 1. The number of nitrogens with zero attached hydrogens (tertiary/aromatic N) is 1. The molecule has 10 heteroatoms. The van der Waals surface area contributed by atoms with Crippen molar-refractivity contribution < 1.29 is 27.6 Å². The molecule has 144 valence electrons. The Morgan fingerprint density at radius 3 is 2.33 bits per heavy atom. The second-order valence-electron chi connectivity index (χ2n) is 5.51. The smallest absolute Gasteiger partial charge is 0.367 e. The molecule has 0 aliphatic rings. The Morgan fingerprint density at radius 2 is 1.70 bits per heavy atom. The molecule has 0 aliphatic heterocycles. The van der Waals surface area contributed by atoms with Crippen LogP contribution in [-0.2, 0) is 17.9 Å². The number of carbonyl (C=O) groups excluding carboxylic acids is 1. The Kier molecular flexibility index (Phi) is 6.72. The van der Waals surface area contributed by atoms with Gasteiger partial charge >= 0.3 is 12.2 Å². The highest BCUT2D eigenvalue weighted by molar-refractivity contribution is 5.91. The highest BCUT2D eigenvalue weighted by Crippen LogP contribution is 2.22. The summed E-state index contributed by atoms with van der Waals surface area (Å²) in [5, 5.41) is 15.8. The first-order valence-electron chi connectivity index (χ1n) is 7.75. The minimum absolute atomic E-state index is 0.0668. The van der Waals surface area contributed by atoms with E-state index in [1.807, 2.05) is 0 Å². The summed E-state index contributed by atoms with van der Waals surface area (Å²) < 4.78 is 40.6. The number of halogens is 3. The number of anilines is 1. The number of nitro benzene ring substituents is 1. The third-order valence-electron chi connectivity index (χ3n) is 3.36. The van der Waals surface area contributed by atoms with Gasteiger partial charge in [0.15, 0.2) is 0 Å². The SMILES string of the molecule is O=C(NCc1ccc(COCC(F)(F)F)cc1)Nc1ccccc1[N+](=O)[O-]. The van der Waals surface area contributed by atoms with Gasteiger partial charge in [0.25, 0.3) is 5.69 Å². The highest BCUT2D eigenvalue weighted by atomic mass is 19.4. The molecule has 2 amide bonds. The van der Waals surface area contributed by atoms with E-state index in [-0.39, 0.29) is 24.5 Å². The molecule has 27 heavy (non-hydrogen) atoms.